The summed E-state index contributed by atoms with van der Waals surface area (Å²) < 4.78 is 0. The largest absolute Gasteiger partial charge is 0.544 e. The number of quaternary nitrogens is 1. The number of hydrogen-bond acceptors (Lipinski definition) is 3. The minimum atomic E-state index is -1.08. The van der Waals surface area contributed by atoms with Crippen molar-refractivity contribution in [3.63, 3.8) is 0 Å². The first kappa shape index (κ1) is 13.1. The van der Waals surface area contributed by atoms with Crippen LogP contribution in [0.2, 0.25) is 0 Å². The molecule has 0 bridgehead atoms. The predicted molar refractivity (Wildman–Crippen MR) is 63.8 cm³/mol. The smallest absolute Gasteiger partial charge is 0.134 e. The Morgan fingerprint density at radius 2 is 2.12 bits per heavy atom. The van der Waals surface area contributed by atoms with Crippen LogP contribution in [-0.4, -0.2) is 17.8 Å². The second-order valence-corrected chi connectivity index (χ2v) is 4.98. The van der Waals surface area contributed by atoms with Gasteiger partial charge in [-0.1, -0.05) is 18.2 Å². The summed E-state index contributed by atoms with van der Waals surface area (Å²) in [5, 5.41) is 10.5. The number of aryl methyl sites for hydroxylation is 2. The summed E-state index contributed by atoms with van der Waals surface area (Å²) in [6.07, 6.45) is 0. The van der Waals surface area contributed by atoms with E-state index in [0.29, 0.717) is 5.75 Å². The molecule has 0 aliphatic rings. The third-order valence-electron chi connectivity index (χ3n) is 2.49. The number of carbonyl (C=O) groups excluding carboxylic acids is 1. The summed E-state index contributed by atoms with van der Waals surface area (Å²) >= 11 is 1.57. The number of aliphatic carboxylic acids is 1. The molecule has 0 aliphatic carbocycles. The van der Waals surface area contributed by atoms with Gasteiger partial charge in [-0.2, -0.15) is 11.8 Å². The molecule has 16 heavy (non-hydrogen) atoms. The van der Waals surface area contributed by atoms with Crippen molar-refractivity contribution in [2.45, 2.75) is 25.6 Å². The molecular formula is C12H17NO2S. The molecule has 3 nitrogen and oxygen atoms in total. The second-order valence-electron chi connectivity index (χ2n) is 3.95. The minimum Gasteiger partial charge on any atom is -0.544 e. The molecule has 1 aromatic carbocycles. The van der Waals surface area contributed by atoms with E-state index in [9.17, 15) is 9.90 Å². The molecule has 3 N–H and O–H groups in total. The maximum Gasteiger partial charge on any atom is 0.134 e. The van der Waals surface area contributed by atoms with Gasteiger partial charge in [-0.25, -0.2) is 0 Å². The maximum atomic E-state index is 10.5. The van der Waals surface area contributed by atoms with E-state index in [4.69, 9.17) is 0 Å². The van der Waals surface area contributed by atoms with E-state index in [1.807, 2.05) is 0 Å². The number of carboxylic acid groups (broad SMARTS) is 1. The molecule has 1 rings (SSSR count). The fourth-order valence-corrected chi connectivity index (χ4v) is 2.23. The number of rotatable bonds is 5. The molecule has 0 aromatic heterocycles. The van der Waals surface area contributed by atoms with Crippen molar-refractivity contribution < 1.29 is 15.6 Å². The lowest BCUT2D eigenvalue weighted by atomic mass is 10.1. The molecule has 0 saturated heterocycles. The highest BCUT2D eigenvalue weighted by molar-refractivity contribution is 7.98. The van der Waals surface area contributed by atoms with Crippen LogP contribution in [-0.2, 0) is 10.5 Å². The van der Waals surface area contributed by atoms with Crippen molar-refractivity contribution >= 4 is 17.7 Å². The van der Waals surface area contributed by atoms with Gasteiger partial charge in [-0.15, -0.1) is 0 Å². The molecule has 0 radical (unpaired) electrons. The summed E-state index contributed by atoms with van der Waals surface area (Å²) in [7, 11) is 0. The van der Waals surface area contributed by atoms with Gasteiger partial charge in [0.2, 0.25) is 0 Å². The molecule has 88 valence electrons. The average molecular weight is 239 g/mol. The molecule has 0 heterocycles. The van der Waals surface area contributed by atoms with Crippen LogP contribution in [0.3, 0.4) is 0 Å². The fourth-order valence-electron chi connectivity index (χ4n) is 1.28. The van der Waals surface area contributed by atoms with Crippen LogP contribution in [0.4, 0.5) is 0 Å². The van der Waals surface area contributed by atoms with Gasteiger partial charge in [0.15, 0.2) is 0 Å². The standard InChI is InChI=1S/C12H17NO2S/c1-8-3-4-10(5-9(8)2)6-16-7-11(13)12(14)15/h3-5,11H,6-7,13H2,1-2H3,(H,14,15)/t11-/m0/s1. The quantitative estimate of drug-likeness (QED) is 0.780. The first-order valence-corrected chi connectivity index (χ1v) is 6.34. The number of benzene rings is 1. The number of carboxylic acids is 1. The number of carbonyl (C=O) groups is 1. The lowest BCUT2D eigenvalue weighted by molar-refractivity contribution is -0.431. The fraction of sp³-hybridized carbons (Fsp3) is 0.417. The number of hydrogen-bond donors (Lipinski definition) is 1. The van der Waals surface area contributed by atoms with Gasteiger partial charge in [-0.3, -0.25) is 0 Å². The molecule has 1 atom stereocenters. The zero-order valence-corrected chi connectivity index (χ0v) is 10.5. The van der Waals surface area contributed by atoms with Gasteiger partial charge in [0.1, 0.15) is 6.04 Å². The highest BCUT2D eigenvalue weighted by atomic mass is 32.2. The summed E-state index contributed by atoms with van der Waals surface area (Å²) in [6.45, 7) is 4.16. The molecule has 0 unspecified atom stereocenters. The molecule has 0 spiro atoms. The van der Waals surface area contributed by atoms with E-state index in [-0.39, 0.29) is 0 Å². The third kappa shape index (κ3) is 3.87. The Hall–Kier alpha value is -1.00. The molecule has 0 amide bonds. The van der Waals surface area contributed by atoms with E-state index < -0.39 is 12.0 Å². The summed E-state index contributed by atoms with van der Waals surface area (Å²) in [5.41, 5.74) is 7.28. The van der Waals surface area contributed by atoms with E-state index >= 15 is 0 Å². The lowest BCUT2D eigenvalue weighted by Gasteiger charge is -2.09. The first-order valence-electron chi connectivity index (χ1n) is 5.18. The van der Waals surface area contributed by atoms with Crippen molar-refractivity contribution in [2.24, 2.45) is 0 Å². The van der Waals surface area contributed by atoms with Crippen molar-refractivity contribution in [2.75, 3.05) is 5.75 Å². The van der Waals surface area contributed by atoms with E-state index in [2.05, 4.69) is 37.8 Å². The monoisotopic (exact) mass is 239 g/mol. The third-order valence-corrected chi connectivity index (χ3v) is 3.67. The Labute approximate surface area is 100 Å². The first-order chi connectivity index (χ1) is 7.50. The van der Waals surface area contributed by atoms with Gasteiger partial charge in [0, 0.05) is 5.75 Å². The van der Waals surface area contributed by atoms with Gasteiger partial charge in [-0.05, 0) is 30.5 Å². The van der Waals surface area contributed by atoms with E-state index in [0.717, 1.165) is 5.75 Å². The normalized spacial score (nSPS) is 12.4. The highest BCUT2D eigenvalue weighted by Gasteiger charge is 2.07. The van der Waals surface area contributed by atoms with Crippen molar-refractivity contribution in [1.82, 2.24) is 0 Å². The zero-order chi connectivity index (χ0) is 12.1. The Morgan fingerprint density at radius 3 is 2.69 bits per heavy atom. The molecule has 0 saturated carbocycles. The van der Waals surface area contributed by atoms with Gasteiger partial charge in [0.05, 0.1) is 11.7 Å². The molecule has 0 aliphatic heterocycles. The SMILES string of the molecule is Cc1ccc(CSC[C@H]([NH3+])C(=O)[O-])cc1C. The Balaban J connectivity index is 2.43. The van der Waals surface area contributed by atoms with Crippen LogP contribution in [0.1, 0.15) is 16.7 Å². The van der Waals surface area contributed by atoms with Crippen molar-refractivity contribution in [3.05, 3.63) is 34.9 Å². The van der Waals surface area contributed by atoms with Crippen molar-refractivity contribution in [1.29, 1.82) is 0 Å². The molecule has 1 aromatic rings. The van der Waals surface area contributed by atoms with Gasteiger partial charge in [0.25, 0.3) is 0 Å². The van der Waals surface area contributed by atoms with Gasteiger partial charge >= 0.3 is 0 Å². The Bertz CT molecular complexity index is 379. The zero-order valence-electron chi connectivity index (χ0n) is 9.66. The Kier molecular flexibility index (Phi) is 4.83. The second kappa shape index (κ2) is 5.92. The minimum absolute atomic E-state index is 0.495. The van der Waals surface area contributed by atoms with Gasteiger partial charge < -0.3 is 15.6 Å². The topological polar surface area (TPSA) is 67.8 Å². The van der Waals surface area contributed by atoms with Crippen LogP contribution in [0.5, 0.6) is 0 Å². The molecule has 0 fully saturated rings. The molecule has 4 heteroatoms. The van der Waals surface area contributed by atoms with E-state index in [1.165, 1.54) is 16.7 Å². The molecular weight excluding hydrogens is 222 g/mol. The number of thioether (sulfide) groups is 1. The summed E-state index contributed by atoms with van der Waals surface area (Å²) in [4.78, 5) is 10.5. The average Bonchev–Trinajstić information content (AvgIpc) is 2.23. The van der Waals surface area contributed by atoms with E-state index in [1.54, 1.807) is 11.8 Å². The summed E-state index contributed by atoms with van der Waals surface area (Å²) in [6, 6.07) is 5.67. The maximum absolute atomic E-state index is 10.5. The lowest BCUT2D eigenvalue weighted by Crippen LogP contribution is -2.69. The van der Waals surface area contributed by atoms with Crippen LogP contribution < -0.4 is 10.8 Å². The Morgan fingerprint density at radius 1 is 1.44 bits per heavy atom. The van der Waals surface area contributed by atoms with Crippen LogP contribution in [0.15, 0.2) is 18.2 Å². The van der Waals surface area contributed by atoms with Crippen LogP contribution in [0.25, 0.3) is 0 Å². The van der Waals surface area contributed by atoms with Crippen LogP contribution in [0, 0.1) is 13.8 Å². The van der Waals surface area contributed by atoms with Crippen molar-refractivity contribution in [3.8, 4) is 0 Å². The highest BCUT2D eigenvalue weighted by Crippen LogP contribution is 2.16. The predicted octanol–water partition coefficient (Wildman–Crippen LogP) is -0.103. The summed E-state index contributed by atoms with van der Waals surface area (Å²) in [5.74, 6) is 0.239. The van der Waals surface area contributed by atoms with Crippen LogP contribution >= 0.6 is 11.8 Å².